The number of amides is 1. The lowest BCUT2D eigenvalue weighted by Crippen LogP contribution is -2.42. The van der Waals surface area contributed by atoms with Gasteiger partial charge in [0, 0.05) is 13.1 Å². The summed E-state index contributed by atoms with van der Waals surface area (Å²) < 4.78 is 18.4. The van der Waals surface area contributed by atoms with Crippen molar-refractivity contribution < 1.29 is 19.0 Å². The molecule has 1 amide bonds. The number of rotatable bonds is 6. The second-order valence-electron chi connectivity index (χ2n) is 7.63. The first-order valence-electron chi connectivity index (χ1n) is 11.2. The van der Waals surface area contributed by atoms with Gasteiger partial charge in [0.2, 0.25) is 0 Å². The molecular weight excluding hydrogens is 466 g/mol. The molecule has 0 unspecified atom stereocenters. The monoisotopic (exact) mass is 491 g/mol. The summed E-state index contributed by atoms with van der Waals surface area (Å²) in [5.74, 6) is 0.750. The number of carbonyl (C=O) groups is 1. The zero-order chi connectivity index (χ0) is 24.8. The van der Waals surface area contributed by atoms with Gasteiger partial charge < -0.3 is 19.1 Å². The number of methoxy groups -OCH3 is 1. The third-order valence-corrected chi connectivity index (χ3v) is 6.55. The molecule has 1 saturated heterocycles. The predicted molar refractivity (Wildman–Crippen MR) is 133 cm³/mol. The second-order valence-corrected chi connectivity index (χ2v) is 8.66. The van der Waals surface area contributed by atoms with Crippen molar-refractivity contribution in [2.45, 2.75) is 6.92 Å². The fourth-order valence-corrected chi connectivity index (χ4v) is 4.87. The summed E-state index contributed by atoms with van der Waals surface area (Å²) in [6, 6.07) is 16.4. The highest BCUT2D eigenvalue weighted by Crippen LogP contribution is 2.28. The van der Waals surface area contributed by atoms with Gasteiger partial charge in [-0.05, 0) is 42.8 Å². The first kappa shape index (κ1) is 24.3. The number of ether oxygens (including phenoxy) is 3. The first-order valence-corrected chi connectivity index (χ1v) is 12.0. The summed E-state index contributed by atoms with van der Waals surface area (Å²) in [6.45, 7) is 4.02. The average molecular weight is 492 g/mol. The van der Waals surface area contributed by atoms with Crippen molar-refractivity contribution in [3.05, 3.63) is 73.6 Å². The van der Waals surface area contributed by atoms with Gasteiger partial charge in [-0.15, -0.1) is 11.3 Å². The van der Waals surface area contributed by atoms with E-state index in [0.29, 0.717) is 59.3 Å². The fourth-order valence-electron chi connectivity index (χ4n) is 3.77. The molecule has 2 heterocycles. The van der Waals surface area contributed by atoms with Crippen LogP contribution in [0.5, 0.6) is 11.5 Å². The standard InChI is InChI=1S/C26H25N3O5S/c1-3-34-21-10-9-18(15-22(21)32-2)16-23-25(31)29(19-7-5-4-6-8-19)26(35-23)20(17-27)24(30)28-11-13-33-14-12-28/h4-10,15-16H,3,11-14H2,1-2H3. The maximum Gasteiger partial charge on any atom is 0.273 e. The van der Waals surface area contributed by atoms with E-state index >= 15 is 0 Å². The molecule has 0 N–H and O–H groups in total. The van der Waals surface area contributed by atoms with Crippen LogP contribution in [0, 0.1) is 11.3 Å². The Morgan fingerprint density at radius 3 is 2.57 bits per heavy atom. The van der Waals surface area contributed by atoms with E-state index in [1.165, 1.54) is 4.57 Å². The van der Waals surface area contributed by atoms with Crippen LogP contribution in [0.1, 0.15) is 12.5 Å². The van der Waals surface area contributed by atoms with Gasteiger partial charge in [0.15, 0.2) is 17.1 Å². The van der Waals surface area contributed by atoms with E-state index in [9.17, 15) is 14.9 Å². The zero-order valence-electron chi connectivity index (χ0n) is 19.5. The van der Waals surface area contributed by atoms with Gasteiger partial charge in [0.25, 0.3) is 11.5 Å². The molecule has 0 bridgehead atoms. The molecule has 1 aliphatic rings. The lowest BCUT2D eigenvalue weighted by Gasteiger charge is -2.26. The van der Waals surface area contributed by atoms with E-state index in [2.05, 4.69) is 6.07 Å². The van der Waals surface area contributed by atoms with Crippen LogP contribution >= 0.6 is 11.3 Å². The highest BCUT2D eigenvalue weighted by atomic mass is 32.1. The van der Waals surface area contributed by atoms with Gasteiger partial charge in [0.1, 0.15) is 10.7 Å². The van der Waals surface area contributed by atoms with Crippen LogP contribution in [0.2, 0.25) is 0 Å². The van der Waals surface area contributed by atoms with Crippen LogP contribution in [-0.2, 0) is 9.53 Å². The van der Waals surface area contributed by atoms with Crippen LogP contribution in [0.15, 0.2) is 53.3 Å². The summed E-state index contributed by atoms with van der Waals surface area (Å²) in [6.07, 6.45) is 1.72. The number of morpholine rings is 1. The highest BCUT2D eigenvalue weighted by molar-refractivity contribution is 7.07. The Bertz CT molecular complexity index is 1430. The van der Waals surface area contributed by atoms with Gasteiger partial charge in [-0.3, -0.25) is 14.2 Å². The highest BCUT2D eigenvalue weighted by Gasteiger charge is 2.24. The molecule has 1 aromatic heterocycles. The Labute approximate surface area is 206 Å². The SMILES string of the molecule is CCOc1ccc(C=c2sc(=C(C#N)C(=O)N3CCOCC3)n(-c3ccccc3)c2=O)cc1OC. The van der Waals surface area contributed by atoms with Crippen LogP contribution in [0.25, 0.3) is 17.3 Å². The molecule has 4 rings (SSSR count). The van der Waals surface area contributed by atoms with Crippen molar-refractivity contribution in [1.82, 2.24) is 9.47 Å². The first-order chi connectivity index (χ1) is 17.1. The molecule has 3 aromatic rings. The molecule has 0 radical (unpaired) electrons. The number of benzene rings is 2. The summed E-state index contributed by atoms with van der Waals surface area (Å²) >= 11 is 1.11. The molecule has 9 heteroatoms. The van der Waals surface area contributed by atoms with Crippen molar-refractivity contribution in [2.24, 2.45) is 0 Å². The molecule has 0 atom stereocenters. The lowest BCUT2D eigenvalue weighted by atomic mass is 10.2. The van der Waals surface area contributed by atoms with E-state index in [1.807, 2.05) is 19.1 Å². The number of nitrogens with zero attached hydrogens (tertiary/aromatic N) is 3. The third-order valence-electron chi connectivity index (χ3n) is 5.46. The van der Waals surface area contributed by atoms with Gasteiger partial charge in [-0.1, -0.05) is 24.3 Å². The van der Waals surface area contributed by atoms with Crippen LogP contribution in [-0.4, -0.2) is 55.4 Å². The topological polar surface area (TPSA) is 93.8 Å². The molecule has 2 aromatic carbocycles. The average Bonchev–Trinajstić information content (AvgIpc) is 3.21. The third kappa shape index (κ3) is 5.14. The van der Waals surface area contributed by atoms with Crippen LogP contribution < -0.4 is 24.2 Å². The molecule has 180 valence electrons. The van der Waals surface area contributed by atoms with Crippen molar-refractivity contribution in [1.29, 1.82) is 5.26 Å². The quantitative estimate of drug-likeness (QED) is 0.521. The lowest BCUT2D eigenvalue weighted by molar-refractivity contribution is -0.128. The minimum absolute atomic E-state index is 0.0678. The van der Waals surface area contributed by atoms with E-state index < -0.39 is 5.91 Å². The van der Waals surface area contributed by atoms with Crippen molar-refractivity contribution >= 4 is 28.9 Å². The molecule has 0 aliphatic carbocycles. The Hall–Kier alpha value is -3.87. The summed E-state index contributed by atoms with van der Waals surface area (Å²) in [5, 5.41) is 9.98. The number of para-hydroxylation sites is 1. The molecule has 1 aliphatic heterocycles. The van der Waals surface area contributed by atoms with Crippen LogP contribution in [0.3, 0.4) is 0 Å². The Kier molecular flexibility index (Phi) is 7.65. The van der Waals surface area contributed by atoms with Gasteiger partial charge in [-0.25, -0.2) is 0 Å². The summed E-state index contributed by atoms with van der Waals surface area (Å²) in [7, 11) is 1.55. The van der Waals surface area contributed by atoms with Crippen molar-refractivity contribution in [3.8, 4) is 23.3 Å². The van der Waals surface area contributed by atoms with E-state index in [-0.39, 0.29) is 11.1 Å². The molecule has 1 fully saturated rings. The Morgan fingerprint density at radius 1 is 1.17 bits per heavy atom. The molecular formula is C26H25N3O5S. The van der Waals surface area contributed by atoms with Crippen molar-refractivity contribution in [2.75, 3.05) is 40.0 Å². The molecule has 8 nitrogen and oxygen atoms in total. The Morgan fingerprint density at radius 2 is 1.91 bits per heavy atom. The van der Waals surface area contributed by atoms with Gasteiger partial charge in [-0.2, -0.15) is 5.26 Å². The summed E-state index contributed by atoms with van der Waals surface area (Å²) in [4.78, 5) is 28.4. The molecule has 35 heavy (non-hydrogen) atoms. The number of carbonyl (C=O) groups excluding carboxylic acids is 1. The normalized spacial score (nSPS) is 14.9. The minimum Gasteiger partial charge on any atom is -0.493 e. The maximum absolute atomic E-state index is 13.6. The van der Waals surface area contributed by atoms with Gasteiger partial charge >= 0.3 is 0 Å². The maximum atomic E-state index is 13.6. The zero-order valence-corrected chi connectivity index (χ0v) is 20.3. The molecule has 0 saturated carbocycles. The predicted octanol–water partition coefficient (Wildman–Crippen LogP) is 1.67. The number of hydrogen-bond acceptors (Lipinski definition) is 7. The largest absolute Gasteiger partial charge is 0.493 e. The number of aromatic nitrogens is 1. The van der Waals surface area contributed by atoms with Crippen LogP contribution in [0.4, 0.5) is 0 Å². The molecule has 0 spiro atoms. The number of thiazole rings is 1. The van der Waals surface area contributed by atoms with Crippen molar-refractivity contribution in [3.63, 3.8) is 0 Å². The number of hydrogen-bond donors (Lipinski definition) is 0. The number of nitriles is 1. The summed E-state index contributed by atoms with van der Waals surface area (Å²) in [5.41, 5.74) is 0.928. The van der Waals surface area contributed by atoms with E-state index in [0.717, 1.165) is 16.9 Å². The smallest absolute Gasteiger partial charge is 0.273 e. The Balaban J connectivity index is 1.93. The van der Waals surface area contributed by atoms with E-state index in [1.54, 1.807) is 54.5 Å². The second kappa shape index (κ2) is 11.0. The fraction of sp³-hybridized carbons (Fsp3) is 0.269. The van der Waals surface area contributed by atoms with Gasteiger partial charge in [0.05, 0.1) is 37.2 Å². The minimum atomic E-state index is -0.406. The van der Waals surface area contributed by atoms with E-state index in [4.69, 9.17) is 14.2 Å².